The summed E-state index contributed by atoms with van der Waals surface area (Å²) in [5.74, 6) is 0.374. The third-order valence-electron chi connectivity index (χ3n) is 4.11. The van der Waals surface area contributed by atoms with E-state index >= 15 is 0 Å². The largest absolute Gasteiger partial charge is 0.497 e. The van der Waals surface area contributed by atoms with Crippen molar-refractivity contribution in [3.05, 3.63) is 64.4 Å². The van der Waals surface area contributed by atoms with Crippen molar-refractivity contribution in [1.82, 2.24) is 14.3 Å². The number of nitrogens with zero attached hydrogens (tertiary/aromatic N) is 2. The zero-order valence-electron chi connectivity index (χ0n) is 15.4. The first-order valence-electron chi connectivity index (χ1n) is 8.16. The lowest BCUT2D eigenvalue weighted by atomic mass is 10.1. The molecule has 0 bridgehead atoms. The first kappa shape index (κ1) is 20.1. The molecule has 8 nitrogen and oxygen atoms in total. The Morgan fingerprint density at radius 3 is 2.71 bits per heavy atom. The van der Waals surface area contributed by atoms with Gasteiger partial charge in [0.2, 0.25) is 10.0 Å². The van der Waals surface area contributed by atoms with Crippen LogP contribution in [0.4, 0.5) is 0 Å². The number of esters is 1. The van der Waals surface area contributed by atoms with Crippen molar-refractivity contribution in [3.63, 3.8) is 0 Å². The second kappa shape index (κ2) is 8.13. The van der Waals surface area contributed by atoms with Gasteiger partial charge in [0, 0.05) is 19.4 Å². The minimum atomic E-state index is -4.05. The van der Waals surface area contributed by atoms with E-state index in [4.69, 9.17) is 4.74 Å². The molecular weight excluding hydrogens is 402 g/mol. The fourth-order valence-corrected chi connectivity index (χ4v) is 5.23. The molecule has 10 heteroatoms. The Morgan fingerprint density at radius 1 is 1.29 bits per heavy atom. The van der Waals surface area contributed by atoms with Gasteiger partial charge in [-0.3, -0.25) is 0 Å². The van der Waals surface area contributed by atoms with E-state index in [1.165, 1.54) is 25.7 Å². The summed E-state index contributed by atoms with van der Waals surface area (Å²) >= 11 is 1.00. The number of imidazole rings is 1. The molecule has 0 saturated heterocycles. The normalized spacial score (nSPS) is 12.5. The second-order valence-electron chi connectivity index (χ2n) is 5.83. The fraction of sp³-hybridized carbons (Fsp3) is 0.222. The Balaban J connectivity index is 2.06. The minimum Gasteiger partial charge on any atom is -0.497 e. The molecular formula is C18H19N3O5S2. The maximum absolute atomic E-state index is 13.1. The molecule has 2 aromatic heterocycles. The van der Waals surface area contributed by atoms with E-state index < -0.39 is 22.0 Å². The van der Waals surface area contributed by atoms with E-state index in [-0.39, 0.29) is 9.77 Å². The highest BCUT2D eigenvalue weighted by molar-refractivity contribution is 7.89. The van der Waals surface area contributed by atoms with Gasteiger partial charge in [-0.2, -0.15) is 4.72 Å². The zero-order valence-corrected chi connectivity index (χ0v) is 17.1. The number of benzene rings is 1. The number of ether oxygens (including phenoxy) is 2. The highest BCUT2D eigenvalue weighted by Gasteiger charge is 2.30. The Bertz CT molecular complexity index is 1090. The number of aromatic nitrogens is 2. The zero-order chi connectivity index (χ0) is 20.3. The van der Waals surface area contributed by atoms with Gasteiger partial charge in [0.15, 0.2) is 0 Å². The summed E-state index contributed by atoms with van der Waals surface area (Å²) in [6, 6.07) is 7.63. The van der Waals surface area contributed by atoms with Crippen LogP contribution in [0.15, 0.2) is 53.0 Å². The molecule has 0 aliphatic heterocycles. The number of nitrogens with one attached hydrogen (secondary N) is 1. The molecule has 0 unspecified atom stereocenters. The molecule has 1 atom stereocenters. The fourth-order valence-electron chi connectivity index (χ4n) is 2.72. The first-order valence-corrected chi connectivity index (χ1v) is 10.5. The average Bonchev–Trinajstić information content (AvgIpc) is 3.35. The van der Waals surface area contributed by atoms with Gasteiger partial charge in [0.05, 0.1) is 14.2 Å². The second-order valence-corrected chi connectivity index (χ2v) is 8.43. The van der Waals surface area contributed by atoms with Crippen molar-refractivity contribution in [2.75, 3.05) is 14.2 Å². The van der Waals surface area contributed by atoms with E-state index in [1.54, 1.807) is 48.3 Å². The van der Waals surface area contributed by atoms with Crippen LogP contribution in [0.25, 0.3) is 0 Å². The van der Waals surface area contributed by atoms with Crippen molar-refractivity contribution >= 4 is 27.3 Å². The SMILES string of the molecule is COC(=O)c1sccc1S(=O)(=O)N[C@@H](c1cccc(OC)c1)c1nccn1C. The summed E-state index contributed by atoms with van der Waals surface area (Å²) in [6.45, 7) is 0. The highest BCUT2D eigenvalue weighted by Crippen LogP contribution is 2.28. The van der Waals surface area contributed by atoms with Crippen molar-refractivity contribution in [3.8, 4) is 5.75 Å². The predicted octanol–water partition coefficient (Wildman–Crippen LogP) is 2.34. The molecule has 3 rings (SSSR count). The Hall–Kier alpha value is -2.69. The maximum Gasteiger partial charge on any atom is 0.349 e. The van der Waals surface area contributed by atoms with Crippen LogP contribution in [0.3, 0.4) is 0 Å². The molecule has 148 valence electrons. The number of carbonyl (C=O) groups is 1. The topological polar surface area (TPSA) is 99.5 Å². The van der Waals surface area contributed by atoms with Gasteiger partial charge in [0.1, 0.15) is 27.4 Å². The number of hydrogen-bond donors (Lipinski definition) is 1. The Kier molecular flexibility index (Phi) is 5.82. The predicted molar refractivity (Wildman–Crippen MR) is 104 cm³/mol. The molecule has 0 spiro atoms. The van der Waals surface area contributed by atoms with Gasteiger partial charge in [-0.1, -0.05) is 12.1 Å². The number of methoxy groups -OCH3 is 2. The van der Waals surface area contributed by atoms with Crippen molar-refractivity contribution in [1.29, 1.82) is 0 Å². The number of sulfonamides is 1. The van der Waals surface area contributed by atoms with E-state index in [9.17, 15) is 13.2 Å². The summed E-state index contributed by atoms with van der Waals surface area (Å²) in [4.78, 5) is 16.1. The van der Waals surface area contributed by atoms with Gasteiger partial charge in [-0.05, 0) is 29.1 Å². The van der Waals surface area contributed by atoms with Crippen molar-refractivity contribution < 1.29 is 22.7 Å². The summed E-state index contributed by atoms with van der Waals surface area (Å²) < 4.78 is 40.5. The monoisotopic (exact) mass is 421 g/mol. The molecule has 3 aromatic rings. The molecule has 0 saturated carbocycles. The minimum absolute atomic E-state index is 0.0132. The van der Waals surface area contributed by atoms with Crippen LogP contribution in [-0.4, -0.2) is 38.2 Å². The van der Waals surface area contributed by atoms with Crippen molar-refractivity contribution in [2.45, 2.75) is 10.9 Å². The number of aryl methyl sites for hydroxylation is 1. The lowest BCUT2D eigenvalue weighted by Gasteiger charge is -2.19. The molecule has 0 fully saturated rings. The molecule has 1 N–H and O–H groups in total. The number of carbonyl (C=O) groups excluding carboxylic acids is 1. The average molecular weight is 422 g/mol. The molecule has 0 aliphatic carbocycles. The third-order valence-corrected chi connectivity index (χ3v) is 6.60. The summed E-state index contributed by atoms with van der Waals surface area (Å²) in [6.07, 6.45) is 3.31. The van der Waals surface area contributed by atoms with Gasteiger partial charge in [-0.15, -0.1) is 11.3 Å². The van der Waals surface area contributed by atoms with Crippen LogP contribution in [0.5, 0.6) is 5.75 Å². The third kappa shape index (κ3) is 3.93. The van der Waals surface area contributed by atoms with E-state index in [1.807, 2.05) is 0 Å². The summed E-state index contributed by atoms with van der Waals surface area (Å²) in [7, 11) is 0.467. The first-order chi connectivity index (χ1) is 13.4. The summed E-state index contributed by atoms with van der Waals surface area (Å²) in [5, 5.41) is 1.53. The van der Waals surface area contributed by atoms with Crippen molar-refractivity contribution in [2.24, 2.45) is 7.05 Å². The Labute approximate surface area is 166 Å². The molecule has 28 heavy (non-hydrogen) atoms. The lowest BCUT2D eigenvalue weighted by molar-refractivity contribution is 0.0602. The van der Waals surface area contributed by atoms with E-state index in [0.717, 1.165) is 11.3 Å². The molecule has 0 radical (unpaired) electrons. The number of rotatable bonds is 7. The van der Waals surface area contributed by atoms with Crippen LogP contribution in [0, 0.1) is 0 Å². The number of thiophene rings is 1. The number of hydrogen-bond acceptors (Lipinski definition) is 7. The van der Waals surface area contributed by atoms with Gasteiger partial charge in [0.25, 0.3) is 0 Å². The highest BCUT2D eigenvalue weighted by atomic mass is 32.2. The summed E-state index contributed by atoms with van der Waals surface area (Å²) in [5.41, 5.74) is 0.645. The van der Waals surface area contributed by atoms with Crippen LogP contribution in [0.1, 0.15) is 27.1 Å². The van der Waals surface area contributed by atoms with Crippen LogP contribution < -0.4 is 9.46 Å². The molecule has 0 aliphatic rings. The van der Waals surface area contributed by atoms with E-state index in [2.05, 4.69) is 14.4 Å². The standard InChI is InChI=1S/C18H19N3O5S2/c1-21-9-8-19-17(21)15(12-5-4-6-13(11-12)25-2)20-28(23,24)14-7-10-27-16(14)18(22)26-3/h4-11,15,20H,1-3H3/t15-/m0/s1. The van der Waals surface area contributed by atoms with E-state index in [0.29, 0.717) is 17.1 Å². The van der Waals surface area contributed by atoms with Crippen LogP contribution >= 0.6 is 11.3 Å². The van der Waals surface area contributed by atoms with Crippen LogP contribution in [0.2, 0.25) is 0 Å². The smallest absolute Gasteiger partial charge is 0.349 e. The molecule has 1 aromatic carbocycles. The van der Waals surface area contributed by atoms with Gasteiger partial charge in [-0.25, -0.2) is 18.2 Å². The maximum atomic E-state index is 13.1. The van der Waals surface area contributed by atoms with Crippen LogP contribution in [-0.2, 0) is 21.8 Å². The molecule has 2 heterocycles. The Morgan fingerprint density at radius 2 is 2.07 bits per heavy atom. The molecule has 0 amide bonds. The van der Waals surface area contributed by atoms with Gasteiger partial charge >= 0.3 is 5.97 Å². The lowest BCUT2D eigenvalue weighted by Crippen LogP contribution is -2.31. The van der Waals surface area contributed by atoms with Gasteiger partial charge < -0.3 is 14.0 Å². The quantitative estimate of drug-likeness (QED) is 0.588.